The Morgan fingerprint density at radius 3 is 2.14 bits per heavy atom. The molecule has 0 heterocycles. The third-order valence-corrected chi connectivity index (χ3v) is 4.19. The quantitative estimate of drug-likeness (QED) is 0.885. The molecule has 2 aromatic carbocycles. The molecule has 21 heavy (non-hydrogen) atoms. The Labute approximate surface area is 127 Å². The molecule has 0 amide bonds. The minimum atomic E-state index is -3.57. The van der Waals surface area contributed by atoms with E-state index in [1.807, 2.05) is 0 Å². The van der Waals surface area contributed by atoms with Crippen molar-refractivity contribution in [1.29, 1.82) is 0 Å². The average molecular weight is 326 g/mol. The molecule has 0 radical (unpaired) electrons. The molecule has 2 N–H and O–H groups in total. The van der Waals surface area contributed by atoms with Gasteiger partial charge >= 0.3 is 5.97 Å². The fourth-order valence-electron chi connectivity index (χ4n) is 1.70. The van der Waals surface area contributed by atoms with Crippen molar-refractivity contribution in [2.75, 3.05) is 4.72 Å². The maximum atomic E-state index is 12.0. The number of carboxylic acids is 1. The molecule has 0 atom stereocenters. The van der Waals surface area contributed by atoms with E-state index in [0.717, 1.165) is 0 Å². The minimum Gasteiger partial charge on any atom is -0.478 e. The first kappa shape index (κ1) is 15.3. The number of sulfonamides is 1. The largest absolute Gasteiger partial charge is 0.478 e. The Kier molecular flexibility index (Phi) is 4.50. The lowest BCUT2D eigenvalue weighted by Gasteiger charge is -2.08. The molecular formula is C14H12ClNO4S. The smallest absolute Gasteiger partial charge is 0.335 e. The van der Waals surface area contributed by atoms with Crippen LogP contribution in [0.25, 0.3) is 0 Å². The van der Waals surface area contributed by atoms with Crippen LogP contribution in [-0.4, -0.2) is 19.5 Å². The second-order valence-corrected chi connectivity index (χ2v) is 6.53. The molecule has 0 aliphatic carbocycles. The molecule has 0 fully saturated rings. The summed E-state index contributed by atoms with van der Waals surface area (Å²) >= 11 is 5.73. The fourth-order valence-corrected chi connectivity index (χ4v) is 3.02. The Bertz CT molecular complexity index is 740. The molecule has 2 rings (SSSR count). The fraction of sp³-hybridized carbons (Fsp3) is 0.0714. The number of carbonyl (C=O) groups is 1. The van der Waals surface area contributed by atoms with E-state index in [9.17, 15) is 13.2 Å². The van der Waals surface area contributed by atoms with Gasteiger partial charge in [-0.15, -0.1) is 0 Å². The summed E-state index contributed by atoms with van der Waals surface area (Å²) in [4.78, 5) is 10.7. The van der Waals surface area contributed by atoms with Crippen molar-refractivity contribution in [2.45, 2.75) is 5.75 Å². The van der Waals surface area contributed by atoms with Crippen LogP contribution in [0.2, 0.25) is 5.02 Å². The summed E-state index contributed by atoms with van der Waals surface area (Å²) in [6.45, 7) is 0. The normalized spacial score (nSPS) is 11.1. The molecule has 0 saturated heterocycles. The van der Waals surface area contributed by atoms with E-state index >= 15 is 0 Å². The SMILES string of the molecule is O=C(O)c1ccc(CS(=O)(=O)Nc2ccc(Cl)cc2)cc1. The highest BCUT2D eigenvalue weighted by Gasteiger charge is 2.12. The molecule has 0 aromatic heterocycles. The van der Waals surface area contributed by atoms with Crippen LogP contribution >= 0.6 is 11.6 Å². The standard InChI is InChI=1S/C14H12ClNO4S/c15-12-5-7-13(8-6-12)16-21(19,20)9-10-1-3-11(4-2-10)14(17)18/h1-8,16H,9H2,(H,17,18). The predicted molar refractivity (Wildman–Crippen MR) is 81.1 cm³/mol. The first-order chi connectivity index (χ1) is 9.85. The van der Waals surface area contributed by atoms with Crippen LogP contribution in [0.3, 0.4) is 0 Å². The summed E-state index contributed by atoms with van der Waals surface area (Å²) in [5.74, 6) is -1.29. The van der Waals surface area contributed by atoms with Crippen molar-refractivity contribution < 1.29 is 18.3 Å². The van der Waals surface area contributed by atoms with Crippen LogP contribution < -0.4 is 4.72 Å². The van der Waals surface area contributed by atoms with Crippen LogP contribution in [0.1, 0.15) is 15.9 Å². The number of hydrogen-bond donors (Lipinski definition) is 2. The molecular weight excluding hydrogens is 314 g/mol. The monoisotopic (exact) mass is 325 g/mol. The van der Waals surface area contributed by atoms with Crippen LogP contribution in [0.15, 0.2) is 48.5 Å². The van der Waals surface area contributed by atoms with Crippen molar-refractivity contribution >= 4 is 33.3 Å². The lowest BCUT2D eigenvalue weighted by atomic mass is 10.1. The molecule has 0 bridgehead atoms. The van der Waals surface area contributed by atoms with E-state index in [-0.39, 0.29) is 11.3 Å². The summed E-state index contributed by atoms with van der Waals surface area (Å²) in [6, 6.07) is 12.0. The Morgan fingerprint density at radius 1 is 1.05 bits per heavy atom. The number of anilines is 1. The van der Waals surface area contributed by atoms with Crippen molar-refractivity contribution in [3.05, 3.63) is 64.7 Å². The van der Waals surface area contributed by atoms with Crippen LogP contribution in [0, 0.1) is 0 Å². The van der Waals surface area contributed by atoms with Crippen molar-refractivity contribution in [1.82, 2.24) is 0 Å². The maximum Gasteiger partial charge on any atom is 0.335 e. The van der Waals surface area contributed by atoms with Gasteiger partial charge in [0, 0.05) is 10.7 Å². The van der Waals surface area contributed by atoms with E-state index < -0.39 is 16.0 Å². The predicted octanol–water partition coefficient (Wildman–Crippen LogP) is 2.98. The van der Waals surface area contributed by atoms with Gasteiger partial charge in [-0.25, -0.2) is 13.2 Å². The van der Waals surface area contributed by atoms with Crippen LogP contribution in [-0.2, 0) is 15.8 Å². The summed E-state index contributed by atoms with van der Waals surface area (Å²) in [5.41, 5.74) is 1.03. The zero-order valence-corrected chi connectivity index (χ0v) is 12.4. The summed E-state index contributed by atoms with van der Waals surface area (Å²) in [5, 5.41) is 9.30. The maximum absolute atomic E-state index is 12.0. The van der Waals surface area contributed by atoms with Gasteiger partial charge in [0.05, 0.1) is 11.3 Å². The lowest BCUT2D eigenvalue weighted by molar-refractivity contribution is 0.0697. The van der Waals surface area contributed by atoms with Gasteiger partial charge in [0.1, 0.15) is 0 Å². The Morgan fingerprint density at radius 2 is 1.62 bits per heavy atom. The number of benzene rings is 2. The molecule has 0 aliphatic rings. The Balaban J connectivity index is 2.10. The van der Waals surface area contributed by atoms with Gasteiger partial charge in [-0.3, -0.25) is 4.72 Å². The number of halogens is 1. The van der Waals surface area contributed by atoms with Gasteiger partial charge in [0.2, 0.25) is 10.0 Å². The molecule has 2 aromatic rings. The second-order valence-electron chi connectivity index (χ2n) is 4.37. The number of nitrogens with one attached hydrogen (secondary N) is 1. The molecule has 0 unspecified atom stereocenters. The zero-order valence-electron chi connectivity index (χ0n) is 10.8. The van der Waals surface area contributed by atoms with Crippen LogP contribution in [0.4, 0.5) is 5.69 Å². The third-order valence-electron chi connectivity index (χ3n) is 2.68. The molecule has 0 aliphatic heterocycles. The summed E-state index contributed by atoms with van der Waals surface area (Å²) < 4.78 is 26.5. The van der Waals surface area contributed by atoms with Gasteiger partial charge in [0.15, 0.2) is 0 Å². The first-order valence-electron chi connectivity index (χ1n) is 5.94. The number of carboxylic acid groups (broad SMARTS) is 1. The van der Waals surface area contributed by atoms with Gasteiger partial charge < -0.3 is 5.11 Å². The zero-order chi connectivity index (χ0) is 15.5. The van der Waals surface area contributed by atoms with E-state index in [1.165, 1.54) is 24.3 Å². The van der Waals surface area contributed by atoms with Gasteiger partial charge in [0.25, 0.3) is 0 Å². The topological polar surface area (TPSA) is 83.5 Å². The van der Waals surface area contributed by atoms with Crippen molar-refractivity contribution in [3.8, 4) is 0 Å². The van der Waals surface area contributed by atoms with Crippen molar-refractivity contribution in [3.63, 3.8) is 0 Å². The minimum absolute atomic E-state index is 0.113. The molecule has 0 spiro atoms. The number of hydrogen-bond acceptors (Lipinski definition) is 3. The summed E-state index contributed by atoms with van der Waals surface area (Å²) in [6.07, 6.45) is 0. The Hall–Kier alpha value is -2.05. The molecule has 0 saturated carbocycles. The molecule has 7 heteroatoms. The van der Waals surface area contributed by atoms with Crippen LogP contribution in [0.5, 0.6) is 0 Å². The average Bonchev–Trinajstić information content (AvgIpc) is 2.41. The second kappa shape index (κ2) is 6.15. The molecule has 5 nitrogen and oxygen atoms in total. The highest BCUT2D eigenvalue weighted by atomic mass is 35.5. The van der Waals surface area contributed by atoms with Gasteiger partial charge in [-0.2, -0.15) is 0 Å². The number of aromatic carboxylic acids is 1. The highest BCUT2D eigenvalue weighted by molar-refractivity contribution is 7.91. The number of rotatable bonds is 5. The van der Waals surface area contributed by atoms with E-state index in [2.05, 4.69) is 4.72 Å². The van der Waals surface area contributed by atoms with E-state index in [4.69, 9.17) is 16.7 Å². The van der Waals surface area contributed by atoms with Gasteiger partial charge in [-0.05, 0) is 42.0 Å². The van der Waals surface area contributed by atoms with Gasteiger partial charge in [-0.1, -0.05) is 23.7 Å². The molecule has 110 valence electrons. The lowest BCUT2D eigenvalue weighted by Crippen LogP contribution is -2.15. The van der Waals surface area contributed by atoms with Crippen molar-refractivity contribution in [2.24, 2.45) is 0 Å². The highest BCUT2D eigenvalue weighted by Crippen LogP contribution is 2.16. The van der Waals surface area contributed by atoms with E-state index in [1.54, 1.807) is 24.3 Å². The first-order valence-corrected chi connectivity index (χ1v) is 7.97. The summed E-state index contributed by atoms with van der Waals surface area (Å²) in [7, 11) is -3.57. The van der Waals surface area contributed by atoms with E-state index in [0.29, 0.717) is 16.3 Å². The third kappa shape index (κ3) is 4.47.